The van der Waals surface area contributed by atoms with E-state index in [4.69, 9.17) is 5.26 Å². The third-order valence-electron chi connectivity index (χ3n) is 0.529. The van der Waals surface area contributed by atoms with Crippen LogP contribution in [0, 0.1) is 11.3 Å². The molecule has 0 saturated carbocycles. The van der Waals surface area contributed by atoms with E-state index in [-0.39, 0.29) is 5.48 Å². The summed E-state index contributed by atoms with van der Waals surface area (Å²) in [5.41, 5.74) is 0. The maximum absolute atomic E-state index is 7.97. The highest BCUT2D eigenvalue weighted by molar-refractivity contribution is 5.14. The van der Waals surface area contributed by atoms with Crippen LogP contribution in [-0.4, -0.2) is 5.48 Å². The molecule has 0 aliphatic rings. The molecule has 9 heavy (non-hydrogen) atoms. The zero-order chi connectivity index (χ0) is 6.24. The van der Waals surface area contributed by atoms with Crippen LogP contribution in [0.15, 0.2) is 37.0 Å². The van der Waals surface area contributed by atoms with Gasteiger partial charge in [0.25, 0.3) is 0 Å². The van der Waals surface area contributed by atoms with E-state index in [0.29, 0.717) is 0 Å². The minimum atomic E-state index is 0. The van der Waals surface area contributed by atoms with Crippen LogP contribution in [-0.2, 0) is 0 Å². The van der Waals surface area contributed by atoms with Gasteiger partial charge in [0.1, 0.15) is 0 Å². The van der Waals surface area contributed by atoms with E-state index in [1.807, 2.05) is 6.07 Å². The molecule has 2 nitrogen and oxygen atoms in total. The first-order chi connectivity index (χ1) is 3.91. The second kappa shape index (κ2) is 9.83. The molecule has 0 bridgehead atoms. The third kappa shape index (κ3) is 10.8. The number of rotatable bonds is 2. The van der Waals surface area contributed by atoms with E-state index in [0.717, 1.165) is 0 Å². The average molecular weight is 123 g/mol. The summed E-state index contributed by atoms with van der Waals surface area (Å²) in [6, 6.07) is 1.86. The molecule has 0 aromatic carbocycles. The minimum Gasteiger partial charge on any atom is -0.412 e. The Balaban J connectivity index is 0. The predicted octanol–water partition coefficient (Wildman–Crippen LogP) is 0.984. The van der Waals surface area contributed by atoms with Crippen LogP contribution in [0.5, 0.6) is 0 Å². The van der Waals surface area contributed by atoms with Crippen molar-refractivity contribution >= 4 is 0 Å². The molecule has 2 heteroatoms. The molecule has 0 radical (unpaired) electrons. The largest absolute Gasteiger partial charge is 0.412 e. The van der Waals surface area contributed by atoms with Gasteiger partial charge in [0.05, 0.1) is 6.07 Å². The van der Waals surface area contributed by atoms with E-state index in [1.165, 1.54) is 6.08 Å². The van der Waals surface area contributed by atoms with Crippen molar-refractivity contribution in [1.29, 1.82) is 5.26 Å². The zero-order valence-corrected chi connectivity index (χ0v) is 5.04. The molecule has 0 aromatic heterocycles. The van der Waals surface area contributed by atoms with Gasteiger partial charge in [-0.15, -0.1) is 0 Å². The summed E-state index contributed by atoms with van der Waals surface area (Å²) in [5, 5.41) is 7.97. The zero-order valence-electron chi connectivity index (χ0n) is 5.04. The molecule has 0 spiro atoms. The van der Waals surface area contributed by atoms with E-state index in [2.05, 4.69) is 6.58 Å². The maximum Gasteiger partial charge on any atom is 0.0912 e. The topological polar surface area (TPSA) is 55.3 Å². The summed E-state index contributed by atoms with van der Waals surface area (Å²) >= 11 is 0. The summed E-state index contributed by atoms with van der Waals surface area (Å²) in [7, 11) is 0. The van der Waals surface area contributed by atoms with Crippen molar-refractivity contribution < 1.29 is 5.48 Å². The number of allylic oxidation sites excluding steroid dienone is 5. The lowest BCUT2D eigenvalue weighted by Crippen LogP contribution is -1.45. The smallest absolute Gasteiger partial charge is 0.0912 e. The van der Waals surface area contributed by atoms with Gasteiger partial charge in [0, 0.05) is 6.08 Å². The SMILES string of the molecule is C=CC=CC=CC#N.O. The molecular weight excluding hydrogens is 114 g/mol. The van der Waals surface area contributed by atoms with Gasteiger partial charge in [-0.1, -0.05) is 30.9 Å². The Labute approximate surface area is 54.7 Å². The molecule has 0 saturated heterocycles. The Morgan fingerprint density at radius 1 is 1.22 bits per heavy atom. The first-order valence-corrected chi connectivity index (χ1v) is 2.25. The number of hydrogen-bond donors (Lipinski definition) is 0. The van der Waals surface area contributed by atoms with Crippen LogP contribution in [0.25, 0.3) is 0 Å². The van der Waals surface area contributed by atoms with Crippen molar-refractivity contribution in [2.45, 2.75) is 0 Å². The van der Waals surface area contributed by atoms with Crippen molar-refractivity contribution in [1.82, 2.24) is 0 Å². The lowest BCUT2D eigenvalue weighted by molar-refractivity contribution is 0.824. The molecule has 0 atom stereocenters. The molecule has 2 N–H and O–H groups in total. The molecule has 0 aliphatic carbocycles. The Morgan fingerprint density at radius 3 is 2.33 bits per heavy atom. The Morgan fingerprint density at radius 2 is 1.89 bits per heavy atom. The van der Waals surface area contributed by atoms with Gasteiger partial charge in [0.15, 0.2) is 0 Å². The highest BCUT2D eigenvalue weighted by Gasteiger charge is 1.56. The van der Waals surface area contributed by atoms with Gasteiger partial charge in [-0.05, 0) is 0 Å². The molecule has 0 rings (SSSR count). The van der Waals surface area contributed by atoms with Gasteiger partial charge in [-0.2, -0.15) is 5.26 Å². The molecule has 0 unspecified atom stereocenters. The van der Waals surface area contributed by atoms with Crippen LogP contribution in [0.2, 0.25) is 0 Å². The van der Waals surface area contributed by atoms with Gasteiger partial charge >= 0.3 is 0 Å². The number of nitriles is 1. The fourth-order valence-electron chi connectivity index (χ4n) is 0.241. The normalized spacial score (nSPS) is 8.78. The second-order valence-electron chi connectivity index (χ2n) is 1.11. The van der Waals surface area contributed by atoms with E-state index in [9.17, 15) is 0 Å². The van der Waals surface area contributed by atoms with Gasteiger partial charge < -0.3 is 5.48 Å². The summed E-state index contributed by atoms with van der Waals surface area (Å²) in [5.74, 6) is 0. The molecular formula is C7H9NO. The number of nitrogens with zero attached hydrogens (tertiary/aromatic N) is 1. The molecule has 0 fully saturated rings. The summed E-state index contributed by atoms with van der Waals surface area (Å²) in [6.45, 7) is 3.45. The van der Waals surface area contributed by atoms with E-state index >= 15 is 0 Å². The van der Waals surface area contributed by atoms with Crippen LogP contribution >= 0.6 is 0 Å². The van der Waals surface area contributed by atoms with Crippen molar-refractivity contribution in [2.75, 3.05) is 0 Å². The van der Waals surface area contributed by atoms with Gasteiger partial charge in [-0.25, -0.2) is 0 Å². The number of hydrogen-bond acceptors (Lipinski definition) is 1. The first-order valence-electron chi connectivity index (χ1n) is 2.25. The molecule has 0 aromatic rings. The second-order valence-corrected chi connectivity index (χ2v) is 1.11. The standard InChI is InChI=1S/C7H7N.H2O/c1-2-3-4-5-6-7-8;/h2-6H,1H2;1H2. The van der Waals surface area contributed by atoms with E-state index in [1.54, 1.807) is 24.3 Å². The minimum absolute atomic E-state index is 0. The fraction of sp³-hybridized carbons (Fsp3) is 0. The van der Waals surface area contributed by atoms with Gasteiger partial charge in [0.2, 0.25) is 0 Å². The molecule has 0 heterocycles. The Bertz CT molecular complexity index is 151. The van der Waals surface area contributed by atoms with Gasteiger partial charge in [-0.3, -0.25) is 0 Å². The van der Waals surface area contributed by atoms with Crippen LogP contribution in [0.3, 0.4) is 0 Å². The average Bonchev–Trinajstić information content (AvgIpc) is 1.81. The van der Waals surface area contributed by atoms with Crippen molar-refractivity contribution in [3.8, 4) is 6.07 Å². The summed E-state index contributed by atoms with van der Waals surface area (Å²) in [6.07, 6.45) is 8.22. The Kier molecular flexibility index (Phi) is 11.6. The third-order valence-corrected chi connectivity index (χ3v) is 0.529. The van der Waals surface area contributed by atoms with Crippen molar-refractivity contribution in [2.24, 2.45) is 0 Å². The molecule has 48 valence electrons. The summed E-state index contributed by atoms with van der Waals surface area (Å²) < 4.78 is 0. The Hall–Kier alpha value is -1.33. The highest BCUT2D eigenvalue weighted by Crippen LogP contribution is 1.74. The van der Waals surface area contributed by atoms with Crippen molar-refractivity contribution in [3.05, 3.63) is 37.0 Å². The van der Waals surface area contributed by atoms with Crippen molar-refractivity contribution in [3.63, 3.8) is 0 Å². The van der Waals surface area contributed by atoms with Crippen LogP contribution in [0.4, 0.5) is 0 Å². The lowest BCUT2D eigenvalue weighted by atomic mass is 10.4. The first kappa shape index (κ1) is 10.6. The lowest BCUT2D eigenvalue weighted by Gasteiger charge is -1.64. The maximum atomic E-state index is 7.97. The van der Waals surface area contributed by atoms with E-state index < -0.39 is 0 Å². The monoisotopic (exact) mass is 123 g/mol. The quantitative estimate of drug-likeness (QED) is 0.399. The highest BCUT2D eigenvalue weighted by atomic mass is 16.0. The summed E-state index contributed by atoms with van der Waals surface area (Å²) in [4.78, 5) is 0. The molecule has 0 aliphatic heterocycles. The fourth-order valence-corrected chi connectivity index (χ4v) is 0.241. The predicted molar refractivity (Wildman–Crippen MR) is 37.7 cm³/mol. The van der Waals surface area contributed by atoms with Crippen LogP contribution < -0.4 is 0 Å². The van der Waals surface area contributed by atoms with Crippen LogP contribution in [0.1, 0.15) is 0 Å². The molecule has 0 amide bonds.